The van der Waals surface area contributed by atoms with Crippen LogP contribution in [0.1, 0.15) is 25.7 Å². The first-order chi connectivity index (χ1) is 9.79. The van der Waals surface area contributed by atoms with Crippen LogP contribution < -0.4 is 4.90 Å². The molecule has 3 rings (SSSR count). The molecule has 2 aromatic rings. The first-order valence-electron chi connectivity index (χ1n) is 7.09. The number of benzene rings is 1. The molecule has 1 aliphatic rings. The summed E-state index contributed by atoms with van der Waals surface area (Å²) in [6.07, 6.45) is 4.78. The number of nitrogens with zero attached hydrogens (tertiary/aromatic N) is 3. The fraction of sp³-hybridized carbons (Fsp3) is 0.467. The molecular weight excluding hydrogens is 274 g/mol. The molecule has 0 spiro atoms. The van der Waals surface area contributed by atoms with E-state index in [1.807, 2.05) is 24.3 Å². The molecule has 0 aliphatic heterocycles. The van der Waals surface area contributed by atoms with Gasteiger partial charge in [-0.1, -0.05) is 25.0 Å². The molecule has 1 aromatic heterocycles. The Bertz CT molecular complexity index is 599. The largest absolute Gasteiger partial charge is 0.395 e. The maximum absolute atomic E-state index is 9.38. The quantitative estimate of drug-likeness (QED) is 0.880. The number of rotatable bonds is 4. The summed E-state index contributed by atoms with van der Waals surface area (Å²) in [5.41, 5.74) is 0.850. The van der Waals surface area contributed by atoms with Crippen LogP contribution in [0.25, 0.3) is 10.9 Å². The van der Waals surface area contributed by atoms with Crippen molar-refractivity contribution in [1.29, 1.82) is 0 Å². The molecule has 1 aliphatic carbocycles. The number of aliphatic hydroxyl groups is 1. The number of fused-ring (bicyclic) bond motifs is 1. The number of halogens is 1. The summed E-state index contributed by atoms with van der Waals surface area (Å²) in [7, 11) is 0. The zero-order valence-electron chi connectivity index (χ0n) is 11.3. The molecule has 1 fully saturated rings. The van der Waals surface area contributed by atoms with Gasteiger partial charge in [0.1, 0.15) is 5.82 Å². The molecule has 1 heterocycles. The topological polar surface area (TPSA) is 49.2 Å². The van der Waals surface area contributed by atoms with Gasteiger partial charge in [-0.3, -0.25) is 0 Å². The van der Waals surface area contributed by atoms with E-state index in [0.29, 0.717) is 12.6 Å². The van der Waals surface area contributed by atoms with E-state index in [-0.39, 0.29) is 11.9 Å². The molecule has 0 bridgehead atoms. The number of hydrogen-bond donors (Lipinski definition) is 1. The van der Waals surface area contributed by atoms with Crippen molar-refractivity contribution >= 4 is 28.3 Å². The van der Waals surface area contributed by atoms with Gasteiger partial charge in [0.15, 0.2) is 0 Å². The predicted molar refractivity (Wildman–Crippen MR) is 81.2 cm³/mol. The van der Waals surface area contributed by atoms with E-state index in [2.05, 4.69) is 14.9 Å². The first kappa shape index (κ1) is 13.6. The van der Waals surface area contributed by atoms with Crippen LogP contribution in [0, 0.1) is 0 Å². The Labute approximate surface area is 123 Å². The summed E-state index contributed by atoms with van der Waals surface area (Å²) in [5, 5.41) is 10.6. The molecule has 5 heteroatoms. The molecule has 20 heavy (non-hydrogen) atoms. The lowest BCUT2D eigenvalue weighted by atomic mass is 10.1. The zero-order valence-corrected chi connectivity index (χ0v) is 12.1. The van der Waals surface area contributed by atoms with Crippen LogP contribution in [-0.4, -0.2) is 34.3 Å². The lowest BCUT2D eigenvalue weighted by Gasteiger charge is -2.30. The number of para-hydroxylation sites is 1. The fourth-order valence-corrected chi connectivity index (χ4v) is 3.21. The minimum absolute atomic E-state index is 0.118. The Morgan fingerprint density at radius 1 is 1.20 bits per heavy atom. The van der Waals surface area contributed by atoms with E-state index >= 15 is 0 Å². The third kappa shape index (κ3) is 2.58. The monoisotopic (exact) mass is 291 g/mol. The van der Waals surface area contributed by atoms with Crippen LogP contribution in [0.15, 0.2) is 24.3 Å². The van der Waals surface area contributed by atoms with E-state index in [9.17, 15) is 5.11 Å². The highest BCUT2D eigenvalue weighted by molar-refractivity contribution is 6.28. The van der Waals surface area contributed by atoms with Crippen LogP contribution in [0.2, 0.25) is 5.28 Å². The molecule has 1 N–H and O–H groups in total. The van der Waals surface area contributed by atoms with E-state index in [1.165, 1.54) is 12.8 Å². The van der Waals surface area contributed by atoms with Crippen LogP contribution in [0.3, 0.4) is 0 Å². The summed E-state index contributed by atoms with van der Waals surface area (Å²) in [4.78, 5) is 10.9. The highest BCUT2D eigenvalue weighted by Gasteiger charge is 2.25. The Morgan fingerprint density at radius 2 is 1.95 bits per heavy atom. The molecule has 0 atom stereocenters. The summed E-state index contributed by atoms with van der Waals surface area (Å²) in [6.45, 7) is 0.703. The molecule has 0 unspecified atom stereocenters. The minimum Gasteiger partial charge on any atom is -0.395 e. The smallest absolute Gasteiger partial charge is 0.224 e. The van der Waals surface area contributed by atoms with Gasteiger partial charge >= 0.3 is 0 Å². The number of aromatic nitrogens is 2. The maximum atomic E-state index is 9.38. The molecule has 1 saturated carbocycles. The van der Waals surface area contributed by atoms with Gasteiger partial charge in [0, 0.05) is 18.0 Å². The molecule has 1 aromatic carbocycles. The average Bonchev–Trinajstić information content (AvgIpc) is 2.98. The zero-order chi connectivity index (χ0) is 13.9. The van der Waals surface area contributed by atoms with Crippen LogP contribution >= 0.6 is 11.6 Å². The lowest BCUT2D eigenvalue weighted by Crippen LogP contribution is -2.36. The van der Waals surface area contributed by atoms with Gasteiger partial charge in [-0.05, 0) is 36.6 Å². The number of hydrogen-bond acceptors (Lipinski definition) is 4. The van der Waals surface area contributed by atoms with Gasteiger partial charge < -0.3 is 10.0 Å². The Balaban J connectivity index is 2.09. The van der Waals surface area contributed by atoms with Crippen molar-refractivity contribution in [3.8, 4) is 0 Å². The second-order valence-electron chi connectivity index (χ2n) is 5.19. The minimum atomic E-state index is 0.118. The van der Waals surface area contributed by atoms with Gasteiger partial charge in [-0.2, -0.15) is 4.98 Å². The van der Waals surface area contributed by atoms with Gasteiger partial charge in [0.2, 0.25) is 5.28 Å². The van der Waals surface area contributed by atoms with Crippen LogP contribution in [-0.2, 0) is 0 Å². The summed E-state index contributed by atoms with van der Waals surface area (Å²) in [5.74, 6) is 0.849. The van der Waals surface area contributed by atoms with Crippen molar-refractivity contribution in [2.24, 2.45) is 0 Å². The molecule has 0 saturated heterocycles. The Morgan fingerprint density at radius 3 is 2.70 bits per heavy atom. The Hall–Kier alpha value is -1.39. The SMILES string of the molecule is OCCN(c1nc(Cl)nc2ccccc12)C1CCCC1. The third-order valence-corrected chi connectivity index (χ3v) is 4.10. The van der Waals surface area contributed by atoms with Gasteiger partial charge in [0.25, 0.3) is 0 Å². The maximum Gasteiger partial charge on any atom is 0.224 e. The van der Waals surface area contributed by atoms with Crippen molar-refractivity contribution in [3.05, 3.63) is 29.5 Å². The second-order valence-corrected chi connectivity index (χ2v) is 5.53. The summed E-state index contributed by atoms with van der Waals surface area (Å²) >= 11 is 6.06. The van der Waals surface area contributed by atoms with Crippen LogP contribution in [0.4, 0.5) is 5.82 Å². The molecule has 106 valence electrons. The summed E-state index contributed by atoms with van der Waals surface area (Å²) in [6, 6.07) is 8.32. The number of anilines is 1. The van der Waals surface area contributed by atoms with Crippen molar-refractivity contribution in [2.45, 2.75) is 31.7 Å². The van der Waals surface area contributed by atoms with Crippen LogP contribution in [0.5, 0.6) is 0 Å². The molecule has 0 radical (unpaired) electrons. The van der Waals surface area contributed by atoms with Gasteiger partial charge in [-0.25, -0.2) is 4.98 Å². The van der Waals surface area contributed by atoms with E-state index < -0.39 is 0 Å². The highest BCUT2D eigenvalue weighted by Crippen LogP contribution is 2.31. The second kappa shape index (κ2) is 5.94. The predicted octanol–water partition coefficient (Wildman–Crippen LogP) is 3.02. The molecular formula is C15H18ClN3O. The third-order valence-electron chi connectivity index (χ3n) is 3.93. The Kier molecular flexibility index (Phi) is 4.03. The fourth-order valence-electron chi connectivity index (χ4n) is 3.04. The summed E-state index contributed by atoms with van der Waals surface area (Å²) < 4.78 is 0. The van der Waals surface area contributed by atoms with E-state index in [0.717, 1.165) is 29.6 Å². The standard InChI is InChI=1S/C15H18ClN3O/c16-15-17-13-8-4-3-7-12(13)14(18-15)19(9-10-20)11-5-1-2-6-11/h3-4,7-8,11,20H,1-2,5-6,9-10H2. The highest BCUT2D eigenvalue weighted by atomic mass is 35.5. The lowest BCUT2D eigenvalue weighted by molar-refractivity contribution is 0.297. The van der Waals surface area contributed by atoms with E-state index in [4.69, 9.17) is 11.6 Å². The van der Waals surface area contributed by atoms with Crippen molar-refractivity contribution in [3.63, 3.8) is 0 Å². The first-order valence-corrected chi connectivity index (χ1v) is 7.47. The van der Waals surface area contributed by atoms with Crippen molar-refractivity contribution in [2.75, 3.05) is 18.1 Å². The van der Waals surface area contributed by atoms with Gasteiger partial charge in [0.05, 0.1) is 12.1 Å². The number of aliphatic hydroxyl groups excluding tert-OH is 1. The molecule has 0 amide bonds. The van der Waals surface area contributed by atoms with Crippen molar-refractivity contribution in [1.82, 2.24) is 9.97 Å². The molecule has 4 nitrogen and oxygen atoms in total. The van der Waals surface area contributed by atoms with E-state index in [1.54, 1.807) is 0 Å². The average molecular weight is 292 g/mol. The normalized spacial score (nSPS) is 15.9. The van der Waals surface area contributed by atoms with Gasteiger partial charge in [-0.15, -0.1) is 0 Å². The van der Waals surface area contributed by atoms with Crippen molar-refractivity contribution < 1.29 is 5.11 Å².